The van der Waals surface area contributed by atoms with Crippen LogP contribution in [0.4, 0.5) is 17.1 Å². The average Bonchev–Trinajstić information content (AvgIpc) is 2.44. The third-order valence-electron chi connectivity index (χ3n) is 2.71. The molecule has 0 aliphatic carbocycles. The first-order valence-corrected chi connectivity index (χ1v) is 7.02. The minimum absolute atomic E-state index is 0.0958. The van der Waals surface area contributed by atoms with Gasteiger partial charge >= 0.3 is 0 Å². The Morgan fingerprint density at radius 2 is 1.80 bits per heavy atom. The van der Waals surface area contributed by atoms with Crippen molar-refractivity contribution in [2.75, 3.05) is 36.9 Å². The Morgan fingerprint density at radius 1 is 1.15 bits per heavy atom. The number of hydrogen-bond acceptors (Lipinski definition) is 5. The van der Waals surface area contributed by atoms with Crippen molar-refractivity contribution in [3.05, 3.63) is 28.3 Å². The van der Waals surface area contributed by atoms with Crippen LogP contribution >= 0.6 is 0 Å². The second-order valence-electron chi connectivity index (χ2n) is 4.43. The second-order valence-corrected chi connectivity index (χ2v) is 4.43. The number of nitro groups is 1. The van der Waals surface area contributed by atoms with Gasteiger partial charge in [0.2, 0.25) is 0 Å². The molecule has 0 fully saturated rings. The molecule has 0 bridgehead atoms. The SMILES string of the molecule is CCCNc1cc(NCCCOCC)cc([N+](=O)[O-])c1. The topological polar surface area (TPSA) is 76.4 Å². The summed E-state index contributed by atoms with van der Waals surface area (Å²) in [7, 11) is 0. The van der Waals surface area contributed by atoms with Gasteiger partial charge in [-0.2, -0.15) is 0 Å². The first-order chi connectivity index (χ1) is 9.67. The maximum absolute atomic E-state index is 10.9. The lowest BCUT2D eigenvalue weighted by molar-refractivity contribution is -0.384. The van der Waals surface area contributed by atoms with Crippen molar-refractivity contribution in [1.29, 1.82) is 0 Å². The van der Waals surface area contributed by atoms with E-state index < -0.39 is 0 Å². The summed E-state index contributed by atoms with van der Waals surface area (Å²) in [4.78, 5) is 10.6. The zero-order valence-corrected chi connectivity index (χ0v) is 12.1. The molecule has 0 aliphatic rings. The van der Waals surface area contributed by atoms with Gasteiger partial charge in [0.1, 0.15) is 0 Å². The van der Waals surface area contributed by atoms with E-state index in [9.17, 15) is 10.1 Å². The van der Waals surface area contributed by atoms with Crippen molar-refractivity contribution in [1.82, 2.24) is 0 Å². The van der Waals surface area contributed by atoms with Gasteiger partial charge in [-0.05, 0) is 25.8 Å². The Balaban J connectivity index is 2.63. The molecule has 1 rings (SSSR count). The Labute approximate surface area is 119 Å². The number of nitrogens with zero attached hydrogens (tertiary/aromatic N) is 1. The minimum Gasteiger partial charge on any atom is -0.385 e. The maximum atomic E-state index is 10.9. The van der Waals surface area contributed by atoms with Crippen molar-refractivity contribution in [3.63, 3.8) is 0 Å². The standard InChI is InChI=1S/C14H23N3O3/c1-3-6-15-12-9-13(11-14(10-12)17(18)19)16-7-5-8-20-4-2/h9-11,15-16H,3-8H2,1-2H3. The van der Waals surface area contributed by atoms with Crippen molar-refractivity contribution >= 4 is 17.1 Å². The van der Waals surface area contributed by atoms with E-state index in [1.165, 1.54) is 0 Å². The quantitative estimate of drug-likeness (QED) is 0.391. The molecule has 2 N–H and O–H groups in total. The molecule has 0 heterocycles. The molecule has 0 spiro atoms. The smallest absolute Gasteiger partial charge is 0.273 e. The van der Waals surface area contributed by atoms with Crippen LogP contribution in [0.2, 0.25) is 0 Å². The molecule has 0 aliphatic heterocycles. The fraction of sp³-hybridized carbons (Fsp3) is 0.571. The first-order valence-electron chi connectivity index (χ1n) is 7.02. The van der Waals surface area contributed by atoms with Crippen LogP contribution in [0.25, 0.3) is 0 Å². The van der Waals surface area contributed by atoms with Crippen LogP contribution in [-0.4, -0.2) is 31.2 Å². The van der Waals surface area contributed by atoms with E-state index in [2.05, 4.69) is 17.6 Å². The fourth-order valence-corrected chi connectivity index (χ4v) is 1.74. The summed E-state index contributed by atoms with van der Waals surface area (Å²) in [6.45, 7) is 6.94. The average molecular weight is 281 g/mol. The normalized spacial score (nSPS) is 10.3. The Bertz CT molecular complexity index is 424. The third-order valence-corrected chi connectivity index (χ3v) is 2.71. The van der Waals surface area contributed by atoms with Crippen LogP contribution in [0.5, 0.6) is 0 Å². The Hall–Kier alpha value is -1.82. The predicted octanol–water partition coefficient (Wildman–Crippen LogP) is 3.26. The molecule has 112 valence electrons. The monoisotopic (exact) mass is 281 g/mol. The molecule has 0 saturated carbocycles. The molecule has 1 aromatic rings. The van der Waals surface area contributed by atoms with Crippen molar-refractivity contribution in [2.45, 2.75) is 26.7 Å². The number of non-ortho nitro benzene ring substituents is 1. The van der Waals surface area contributed by atoms with Gasteiger partial charge in [-0.15, -0.1) is 0 Å². The van der Waals surface area contributed by atoms with E-state index in [1.54, 1.807) is 12.1 Å². The minimum atomic E-state index is -0.373. The number of benzene rings is 1. The van der Waals surface area contributed by atoms with Crippen molar-refractivity contribution < 1.29 is 9.66 Å². The van der Waals surface area contributed by atoms with Gasteiger partial charge < -0.3 is 15.4 Å². The van der Waals surface area contributed by atoms with Crippen LogP contribution in [0.3, 0.4) is 0 Å². The van der Waals surface area contributed by atoms with Gasteiger partial charge in [0.05, 0.1) is 4.92 Å². The summed E-state index contributed by atoms with van der Waals surface area (Å²) in [5.74, 6) is 0. The zero-order chi connectivity index (χ0) is 14.8. The zero-order valence-electron chi connectivity index (χ0n) is 12.1. The number of hydrogen-bond donors (Lipinski definition) is 2. The van der Waals surface area contributed by atoms with E-state index in [0.29, 0.717) is 13.2 Å². The molecule has 0 radical (unpaired) electrons. The van der Waals surface area contributed by atoms with Gasteiger partial charge in [-0.3, -0.25) is 10.1 Å². The summed E-state index contributed by atoms with van der Waals surface area (Å²) < 4.78 is 5.25. The van der Waals surface area contributed by atoms with E-state index in [-0.39, 0.29) is 10.6 Å². The number of anilines is 2. The lowest BCUT2D eigenvalue weighted by atomic mass is 10.2. The number of nitrogens with one attached hydrogen (secondary N) is 2. The van der Waals surface area contributed by atoms with Gasteiger partial charge in [0.25, 0.3) is 5.69 Å². The summed E-state index contributed by atoms with van der Waals surface area (Å²) in [5, 5.41) is 17.3. The molecule has 0 saturated heterocycles. The summed E-state index contributed by atoms with van der Waals surface area (Å²) in [6.07, 6.45) is 1.84. The molecule has 0 amide bonds. The molecule has 0 aromatic heterocycles. The van der Waals surface area contributed by atoms with Crippen LogP contribution in [0, 0.1) is 10.1 Å². The number of rotatable bonds is 10. The highest BCUT2D eigenvalue weighted by molar-refractivity contribution is 5.63. The highest BCUT2D eigenvalue weighted by atomic mass is 16.6. The molecule has 6 heteroatoms. The van der Waals surface area contributed by atoms with E-state index >= 15 is 0 Å². The fourth-order valence-electron chi connectivity index (χ4n) is 1.74. The van der Waals surface area contributed by atoms with Crippen molar-refractivity contribution in [3.8, 4) is 0 Å². The Kier molecular flexibility index (Phi) is 7.42. The van der Waals surface area contributed by atoms with Gasteiger partial charge in [0.15, 0.2) is 0 Å². The van der Waals surface area contributed by atoms with Crippen LogP contribution in [0.15, 0.2) is 18.2 Å². The van der Waals surface area contributed by atoms with E-state index in [1.807, 2.05) is 13.0 Å². The molecule has 6 nitrogen and oxygen atoms in total. The molecule has 0 unspecified atom stereocenters. The summed E-state index contributed by atoms with van der Waals surface area (Å²) in [6, 6.07) is 5.00. The number of ether oxygens (including phenoxy) is 1. The van der Waals surface area contributed by atoms with Crippen LogP contribution < -0.4 is 10.6 Å². The largest absolute Gasteiger partial charge is 0.385 e. The lowest BCUT2D eigenvalue weighted by Gasteiger charge is -2.10. The molecular weight excluding hydrogens is 258 g/mol. The Morgan fingerprint density at radius 3 is 2.35 bits per heavy atom. The first kappa shape index (κ1) is 16.2. The molecule has 1 aromatic carbocycles. The highest BCUT2D eigenvalue weighted by Gasteiger charge is 2.09. The summed E-state index contributed by atoms with van der Waals surface area (Å²) in [5.41, 5.74) is 1.63. The van der Waals surface area contributed by atoms with E-state index in [4.69, 9.17) is 4.74 Å². The van der Waals surface area contributed by atoms with Gasteiger partial charge in [-0.25, -0.2) is 0 Å². The summed E-state index contributed by atoms with van der Waals surface area (Å²) >= 11 is 0. The molecule has 20 heavy (non-hydrogen) atoms. The van der Waals surface area contributed by atoms with Crippen LogP contribution in [-0.2, 0) is 4.74 Å². The number of nitro benzene ring substituents is 1. The van der Waals surface area contributed by atoms with E-state index in [0.717, 1.165) is 37.3 Å². The van der Waals surface area contributed by atoms with Crippen molar-refractivity contribution in [2.24, 2.45) is 0 Å². The third kappa shape index (κ3) is 5.88. The van der Waals surface area contributed by atoms with Crippen LogP contribution in [0.1, 0.15) is 26.7 Å². The maximum Gasteiger partial charge on any atom is 0.273 e. The second kappa shape index (κ2) is 9.14. The molecular formula is C14H23N3O3. The van der Waals surface area contributed by atoms with Gasteiger partial charge in [0, 0.05) is 49.8 Å². The lowest BCUT2D eigenvalue weighted by Crippen LogP contribution is -2.07. The predicted molar refractivity (Wildman–Crippen MR) is 81.5 cm³/mol. The molecule has 0 atom stereocenters. The highest BCUT2D eigenvalue weighted by Crippen LogP contribution is 2.24. The van der Waals surface area contributed by atoms with Gasteiger partial charge in [-0.1, -0.05) is 6.92 Å².